The topological polar surface area (TPSA) is 59.0 Å². The van der Waals surface area contributed by atoms with E-state index in [1.165, 1.54) is 5.56 Å². The fourth-order valence-electron chi connectivity index (χ4n) is 3.49. The van der Waals surface area contributed by atoms with E-state index in [1.54, 1.807) is 0 Å². The van der Waals surface area contributed by atoms with Crippen LogP contribution in [0, 0.1) is 5.92 Å². The Bertz CT molecular complexity index is 784. The van der Waals surface area contributed by atoms with E-state index >= 15 is 0 Å². The summed E-state index contributed by atoms with van der Waals surface area (Å²) in [6, 6.07) is 14.3. The molecule has 1 saturated heterocycles. The van der Waals surface area contributed by atoms with Gasteiger partial charge < -0.3 is 19.7 Å². The maximum absolute atomic E-state index is 5.95. The minimum absolute atomic E-state index is 0. The zero-order chi connectivity index (χ0) is 21.2. The van der Waals surface area contributed by atoms with E-state index in [0.29, 0.717) is 24.9 Å². The Kier molecular flexibility index (Phi) is 11.1. The Balaban J connectivity index is 0.00000341. The SMILES string of the molecule is CCNC(=NCc1ccc(OC(C)C)nc1)N1CCC(COCc2ccccc2)C1.I. The molecule has 7 heteroatoms. The Labute approximate surface area is 203 Å². The first-order chi connectivity index (χ1) is 14.6. The fourth-order valence-corrected chi connectivity index (χ4v) is 3.49. The van der Waals surface area contributed by atoms with Crippen molar-refractivity contribution in [1.82, 2.24) is 15.2 Å². The van der Waals surface area contributed by atoms with Crippen molar-refractivity contribution in [2.75, 3.05) is 26.2 Å². The summed E-state index contributed by atoms with van der Waals surface area (Å²) < 4.78 is 11.6. The molecule has 0 amide bonds. The molecule has 1 aromatic heterocycles. The lowest BCUT2D eigenvalue weighted by Gasteiger charge is -2.21. The average molecular weight is 538 g/mol. The third-order valence-electron chi connectivity index (χ3n) is 4.95. The van der Waals surface area contributed by atoms with E-state index in [2.05, 4.69) is 46.4 Å². The highest BCUT2D eigenvalue weighted by Crippen LogP contribution is 2.18. The number of hydrogen-bond donors (Lipinski definition) is 1. The van der Waals surface area contributed by atoms with E-state index in [4.69, 9.17) is 14.5 Å². The molecule has 1 aromatic carbocycles. The molecule has 0 saturated carbocycles. The maximum atomic E-state index is 5.95. The fraction of sp³-hybridized carbons (Fsp3) is 0.500. The Morgan fingerprint density at radius 2 is 2.00 bits per heavy atom. The minimum atomic E-state index is 0. The molecule has 3 rings (SSSR count). The normalized spacial score (nSPS) is 16.3. The van der Waals surface area contributed by atoms with Crippen LogP contribution in [0.25, 0.3) is 0 Å². The summed E-state index contributed by atoms with van der Waals surface area (Å²) >= 11 is 0. The third kappa shape index (κ3) is 8.65. The van der Waals surface area contributed by atoms with E-state index < -0.39 is 0 Å². The quantitative estimate of drug-likeness (QED) is 0.290. The highest BCUT2D eigenvalue weighted by molar-refractivity contribution is 14.0. The molecule has 1 aliphatic rings. The first-order valence-corrected chi connectivity index (χ1v) is 10.9. The zero-order valence-electron chi connectivity index (χ0n) is 18.8. The van der Waals surface area contributed by atoms with E-state index in [1.807, 2.05) is 38.2 Å². The summed E-state index contributed by atoms with van der Waals surface area (Å²) in [7, 11) is 0. The molecule has 0 spiro atoms. The van der Waals surface area contributed by atoms with E-state index in [0.717, 1.165) is 44.2 Å². The van der Waals surface area contributed by atoms with Crippen molar-refractivity contribution >= 4 is 29.9 Å². The Hall–Kier alpha value is -1.87. The van der Waals surface area contributed by atoms with Gasteiger partial charge in [-0.2, -0.15) is 0 Å². The second kappa shape index (κ2) is 13.5. The predicted octanol–water partition coefficient (Wildman–Crippen LogP) is 4.49. The number of benzene rings is 1. The van der Waals surface area contributed by atoms with Crippen LogP contribution in [0.2, 0.25) is 0 Å². The maximum Gasteiger partial charge on any atom is 0.213 e. The molecule has 0 aliphatic carbocycles. The van der Waals surface area contributed by atoms with Crippen LogP contribution in [0.5, 0.6) is 5.88 Å². The van der Waals surface area contributed by atoms with Crippen molar-refractivity contribution in [3.8, 4) is 5.88 Å². The van der Waals surface area contributed by atoms with Crippen molar-refractivity contribution in [2.45, 2.75) is 46.4 Å². The first-order valence-electron chi connectivity index (χ1n) is 10.9. The number of hydrogen-bond acceptors (Lipinski definition) is 4. The smallest absolute Gasteiger partial charge is 0.213 e. The molecule has 2 heterocycles. The molecular weight excluding hydrogens is 503 g/mol. The van der Waals surface area contributed by atoms with Crippen LogP contribution in [0.3, 0.4) is 0 Å². The summed E-state index contributed by atoms with van der Waals surface area (Å²) in [6.45, 7) is 11.0. The van der Waals surface area contributed by atoms with Crippen LogP contribution in [0.4, 0.5) is 0 Å². The lowest BCUT2D eigenvalue weighted by Crippen LogP contribution is -2.40. The number of rotatable bonds is 9. The second-order valence-corrected chi connectivity index (χ2v) is 7.94. The van der Waals surface area contributed by atoms with Gasteiger partial charge in [-0.25, -0.2) is 9.98 Å². The van der Waals surface area contributed by atoms with Gasteiger partial charge >= 0.3 is 0 Å². The lowest BCUT2D eigenvalue weighted by molar-refractivity contribution is 0.0906. The molecule has 1 unspecified atom stereocenters. The number of aliphatic imine (C=N–C) groups is 1. The average Bonchev–Trinajstić information content (AvgIpc) is 3.21. The van der Waals surface area contributed by atoms with Crippen LogP contribution in [0.1, 0.15) is 38.3 Å². The van der Waals surface area contributed by atoms with Crippen molar-refractivity contribution in [2.24, 2.45) is 10.9 Å². The standard InChI is InChI=1S/C24H34N4O2.HI/c1-4-25-24(27-15-21-10-11-23(26-14-21)30-19(2)3)28-13-12-22(16-28)18-29-17-20-8-6-5-7-9-20;/h5-11,14,19,22H,4,12-13,15-18H2,1-3H3,(H,25,27);1H. The molecule has 2 aromatic rings. The third-order valence-corrected chi connectivity index (χ3v) is 4.95. The van der Waals surface area contributed by atoms with Crippen LogP contribution < -0.4 is 10.1 Å². The van der Waals surface area contributed by atoms with Gasteiger partial charge in [0.25, 0.3) is 0 Å². The molecule has 170 valence electrons. The molecule has 1 aliphatic heterocycles. The summed E-state index contributed by atoms with van der Waals surface area (Å²) in [5, 5.41) is 3.42. The van der Waals surface area contributed by atoms with Gasteiger partial charge in [0, 0.05) is 37.8 Å². The number of guanidine groups is 1. The van der Waals surface area contributed by atoms with Gasteiger partial charge in [-0.15, -0.1) is 24.0 Å². The van der Waals surface area contributed by atoms with Gasteiger partial charge in [-0.05, 0) is 38.3 Å². The minimum Gasteiger partial charge on any atom is -0.475 e. The molecule has 1 N–H and O–H groups in total. The van der Waals surface area contributed by atoms with Gasteiger partial charge in [-0.1, -0.05) is 36.4 Å². The summed E-state index contributed by atoms with van der Waals surface area (Å²) in [5.74, 6) is 2.15. The molecule has 1 atom stereocenters. The van der Waals surface area contributed by atoms with Crippen molar-refractivity contribution in [3.05, 3.63) is 59.8 Å². The van der Waals surface area contributed by atoms with Crippen molar-refractivity contribution in [1.29, 1.82) is 0 Å². The number of pyridine rings is 1. The number of likely N-dealkylation sites (tertiary alicyclic amines) is 1. The monoisotopic (exact) mass is 538 g/mol. The Morgan fingerprint density at radius 1 is 1.19 bits per heavy atom. The summed E-state index contributed by atoms with van der Waals surface area (Å²) in [5.41, 5.74) is 2.30. The largest absolute Gasteiger partial charge is 0.475 e. The van der Waals surface area contributed by atoms with Crippen LogP contribution in [-0.4, -0.2) is 48.2 Å². The predicted molar refractivity (Wildman–Crippen MR) is 136 cm³/mol. The molecule has 6 nitrogen and oxygen atoms in total. The van der Waals surface area contributed by atoms with Crippen LogP contribution in [0.15, 0.2) is 53.7 Å². The van der Waals surface area contributed by atoms with Crippen molar-refractivity contribution in [3.63, 3.8) is 0 Å². The van der Waals surface area contributed by atoms with Crippen LogP contribution >= 0.6 is 24.0 Å². The van der Waals surface area contributed by atoms with Gasteiger partial charge in [0.2, 0.25) is 5.88 Å². The van der Waals surface area contributed by atoms with Crippen molar-refractivity contribution < 1.29 is 9.47 Å². The number of ether oxygens (including phenoxy) is 2. The number of aromatic nitrogens is 1. The second-order valence-electron chi connectivity index (χ2n) is 7.94. The number of nitrogens with one attached hydrogen (secondary N) is 1. The molecule has 31 heavy (non-hydrogen) atoms. The van der Waals surface area contributed by atoms with Gasteiger partial charge in [-0.3, -0.25) is 0 Å². The summed E-state index contributed by atoms with van der Waals surface area (Å²) in [4.78, 5) is 11.5. The lowest BCUT2D eigenvalue weighted by atomic mass is 10.1. The number of nitrogens with zero attached hydrogens (tertiary/aromatic N) is 3. The van der Waals surface area contributed by atoms with Gasteiger partial charge in [0.15, 0.2) is 5.96 Å². The molecular formula is C24H35IN4O2. The van der Waals surface area contributed by atoms with Gasteiger partial charge in [0.05, 0.1) is 25.9 Å². The first kappa shape index (κ1) is 25.4. The van der Waals surface area contributed by atoms with E-state index in [9.17, 15) is 0 Å². The molecule has 0 bridgehead atoms. The number of halogens is 1. The molecule has 1 fully saturated rings. The summed E-state index contributed by atoms with van der Waals surface area (Å²) in [6.07, 6.45) is 3.10. The zero-order valence-corrected chi connectivity index (χ0v) is 21.1. The highest BCUT2D eigenvalue weighted by Gasteiger charge is 2.25. The van der Waals surface area contributed by atoms with Crippen LogP contribution in [-0.2, 0) is 17.9 Å². The Morgan fingerprint density at radius 3 is 2.68 bits per heavy atom. The van der Waals surface area contributed by atoms with E-state index in [-0.39, 0.29) is 30.1 Å². The molecule has 0 radical (unpaired) electrons. The highest BCUT2D eigenvalue weighted by atomic mass is 127. The van der Waals surface area contributed by atoms with Gasteiger partial charge in [0.1, 0.15) is 0 Å².